The van der Waals surface area contributed by atoms with Gasteiger partial charge in [-0.1, -0.05) is 54.1 Å². The van der Waals surface area contributed by atoms with Crippen molar-refractivity contribution in [3.05, 3.63) is 82.9 Å². The smallest absolute Gasteiger partial charge is 0.342 e. The van der Waals surface area contributed by atoms with Gasteiger partial charge in [0.15, 0.2) is 0 Å². The molecule has 0 bridgehead atoms. The van der Waals surface area contributed by atoms with Gasteiger partial charge >= 0.3 is 5.97 Å². The third-order valence-electron chi connectivity index (χ3n) is 3.78. The fourth-order valence-electron chi connectivity index (χ4n) is 2.55. The Kier molecular flexibility index (Phi) is 5.49. The van der Waals surface area contributed by atoms with Gasteiger partial charge in [-0.3, -0.25) is 0 Å². The van der Waals surface area contributed by atoms with Gasteiger partial charge in [0, 0.05) is 11.1 Å². The number of halogens is 2. The summed E-state index contributed by atoms with van der Waals surface area (Å²) >= 11 is 5.89. The highest BCUT2D eigenvalue weighted by Crippen LogP contribution is 2.33. The van der Waals surface area contributed by atoms with Crippen molar-refractivity contribution < 1.29 is 18.7 Å². The molecule has 2 aromatic carbocycles. The number of methoxy groups -OCH3 is 1. The summed E-state index contributed by atoms with van der Waals surface area (Å²) in [5.74, 6) is -0.929. The van der Waals surface area contributed by atoms with Crippen LogP contribution < -0.4 is 4.74 Å². The number of benzene rings is 2. The van der Waals surface area contributed by atoms with Crippen molar-refractivity contribution in [2.75, 3.05) is 7.11 Å². The lowest BCUT2D eigenvalue weighted by atomic mass is 9.99. The second kappa shape index (κ2) is 7.97. The predicted octanol–water partition coefficient (Wildman–Crippen LogP) is 4.91. The molecular weight excluding hydrogens is 357 g/mol. The number of carbonyl (C=O) groups excluding carboxylic acids is 1. The lowest BCUT2D eigenvalue weighted by Gasteiger charge is -2.14. The molecule has 0 saturated carbocycles. The van der Waals surface area contributed by atoms with E-state index < -0.39 is 11.8 Å². The molecule has 0 atom stereocenters. The van der Waals surface area contributed by atoms with E-state index >= 15 is 0 Å². The molecule has 0 saturated heterocycles. The second-order valence-corrected chi connectivity index (χ2v) is 5.82. The molecule has 0 aliphatic heterocycles. The van der Waals surface area contributed by atoms with E-state index in [1.165, 1.54) is 13.2 Å². The number of nitrogens with zero attached hydrogens (tertiary/aromatic N) is 1. The summed E-state index contributed by atoms with van der Waals surface area (Å²) in [4.78, 5) is 16.4. The highest BCUT2D eigenvalue weighted by molar-refractivity contribution is 6.29. The number of hydrogen-bond donors (Lipinski definition) is 0. The first kappa shape index (κ1) is 17.9. The van der Waals surface area contributed by atoms with Gasteiger partial charge in [-0.2, -0.15) is 0 Å². The summed E-state index contributed by atoms with van der Waals surface area (Å²) in [7, 11) is 1.43. The molecule has 0 spiro atoms. The van der Waals surface area contributed by atoms with Crippen LogP contribution in [0.3, 0.4) is 0 Å². The number of hydrogen-bond acceptors (Lipinski definition) is 4. The van der Waals surface area contributed by atoms with Crippen LogP contribution in [0.5, 0.6) is 5.75 Å². The number of pyridine rings is 1. The maximum Gasteiger partial charge on any atom is 0.342 e. The van der Waals surface area contributed by atoms with Crippen LogP contribution in [0.2, 0.25) is 5.15 Å². The molecule has 0 aliphatic rings. The molecule has 0 amide bonds. The fourth-order valence-corrected chi connectivity index (χ4v) is 2.71. The van der Waals surface area contributed by atoms with Crippen molar-refractivity contribution in [3.8, 4) is 16.9 Å². The monoisotopic (exact) mass is 371 g/mol. The van der Waals surface area contributed by atoms with E-state index in [2.05, 4.69) is 4.98 Å². The van der Waals surface area contributed by atoms with Crippen molar-refractivity contribution in [3.63, 3.8) is 0 Å². The Labute approximate surface area is 155 Å². The van der Waals surface area contributed by atoms with E-state index in [9.17, 15) is 9.18 Å². The molecular formula is C20H15ClFNO3. The van der Waals surface area contributed by atoms with Gasteiger partial charge in [-0.25, -0.2) is 14.2 Å². The first-order valence-electron chi connectivity index (χ1n) is 7.79. The molecule has 3 rings (SSSR count). The van der Waals surface area contributed by atoms with Crippen molar-refractivity contribution in [1.82, 2.24) is 4.98 Å². The van der Waals surface area contributed by atoms with E-state index in [4.69, 9.17) is 21.1 Å². The third kappa shape index (κ3) is 3.83. The molecule has 26 heavy (non-hydrogen) atoms. The van der Waals surface area contributed by atoms with E-state index in [1.807, 2.05) is 30.3 Å². The summed E-state index contributed by atoms with van der Waals surface area (Å²) in [6.45, 7) is 0.0940. The number of rotatable bonds is 5. The maximum absolute atomic E-state index is 14.3. The molecule has 0 radical (unpaired) electrons. The zero-order chi connectivity index (χ0) is 18.5. The maximum atomic E-state index is 14.3. The Morgan fingerprint density at radius 2 is 1.88 bits per heavy atom. The Balaban J connectivity index is 1.99. The molecule has 3 aromatic rings. The van der Waals surface area contributed by atoms with Crippen LogP contribution >= 0.6 is 11.6 Å². The van der Waals surface area contributed by atoms with Crippen LogP contribution in [0, 0.1) is 5.82 Å². The van der Waals surface area contributed by atoms with Crippen LogP contribution in [0.4, 0.5) is 4.39 Å². The fraction of sp³-hybridized carbons (Fsp3) is 0.100. The number of ether oxygens (including phenoxy) is 2. The minimum absolute atomic E-state index is 0.0940. The van der Waals surface area contributed by atoms with Crippen molar-refractivity contribution in [1.29, 1.82) is 0 Å². The van der Waals surface area contributed by atoms with Crippen LogP contribution in [-0.2, 0) is 11.3 Å². The molecule has 1 heterocycles. The average Bonchev–Trinajstić information content (AvgIpc) is 2.68. The summed E-state index contributed by atoms with van der Waals surface area (Å²) < 4.78 is 24.9. The Morgan fingerprint density at radius 3 is 2.62 bits per heavy atom. The highest BCUT2D eigenvalue weighted by Gasteiger charge is 2.22. The van der Waals surface area contributed by atoms with Crippen LogP contribution in [0.1, 0.15) is 15.9 Å². The third-order valence-corrected chi connectivity index (χ3v) is 3.98. The Bertz CT molecular complexity index is 932. The topological polar surface area (TPSA) is 48.4 Å². The van der Waals surface area contributed by atoms with E-state index in [-0.39, 0.29) is 28.6 Å². The molecule has 6 heteroatoms. The number of aromatic nitrogens is 1. The van der Waals surface area contributed by atoms with Gasteiger partial charge in [-0.15, -0.1) is 0 Å². The van der Waals surface area contributed by atoms with Crippen LogP contribution in [0.25, 0.3) is 11.1 Å². The van der Waals surface area contributed by atoms with Crippen molar-refractivity contribution in [2.24, 2.45) is 0 Å². The van der Waals surface area contributed by atoms with Crippen LogP contribution in [-0.4, -0.2) is 18.1 Å². The first-order chi connectivity index (χ1) is 12.6. The molecule has 0 fully saturated rings. The van der Waals surface area contributed by atoms with Gasteiger partial charge < -0.3 is 9.47 Å². The van der Waals surface area contributed by atoms with Gasteiger partial charge in [-0.05, 0) is 17.7 Å². The molecule has 4 nitrogen and oxygen atoms in total. The highest BCUT2D eigenvalue weighted by atomic mass is 35.5. The molecule has 0 unspecified atom stereocenters. The molecule has 0 aliphatic carbocycles. The van der Waals surface area contributed by atoms with E-state index in [0.717, 1.165) is 11.8 Å². The zero-order valence-corrected chi connectivity index (χ0v) is 14.7. The van der Waals surface area contributed by atoms with E-state index in [0.29, 0.717) is 5.56 Å². The molecule has 0 N–H and O–H groups in total. The normalized spacial score (nSPS) is 10.4. The average molecular weight is 372 g/mol. The number of carbonyl (C=O) groups is 1. The minimum Gasteiger partial charge on any atom is -0.496 e. The standard InChI is InChI=1S/C20H15ClFNO3/c1-25-17-9-5-8-14(15-10-18(21)23-11-16(15)22)19(17)20(24)26-12-13-6-3-2-4-7-13/h2-11H,12H2,1H3. The lowest BCUT2D eigenvalue weighted by molar-refractivity contribution is 0.0470. The summed E-state index contributed by atoms with van der Waals surface area (Å²) in [5, 5.41) is 0.118. The molecule has 132 valence electrons. The predicted molar refractivity (Wildman–Crippen MR) is 96.8 cm³/mol. The van der Waals surface area contributed by atoms with Gasteiger partial charge in [0.2, 0.25) is 0 Å². The Morgan fingerprint density at radius 1 is 1.12 bits per heavy atom. The summed E-state index contributed by atoms with van der Waals surface area (Å²) in [6.07, 6.45) is 1.01. The quantitative estimate of drug-likeness (QED) is 0.472. The lowest BCUT2D eigenvalue weighted by Crippen LogP contribution is -2.09. The SMILES string of the molecule is COc1cccc(-c2cc(Cl)ncc2F)c1C(=O)OCc1ccccc1. The Hall–Kier alpha value is -2.92. The van der Waals surface area contributed by atoms with Gasteiger partial charge in [0.25, 0.3) is 0 Å². The van der Waals surface area contributed by atoms with Gasteiger partial charge in [0.1, 0.15) is 28.9 Å². The minimum atomic E-state index is -0.617. The molecule has 1 aromatic heterocycles. The summed E-state index contributed by atoms with van der Waals surface area (Å²) in [5.41, 5.74) is 1.45. The van der Waals surface area contributed by atoms with Crippen molar-refractivity contribution in [2.45, 2.75) is 6.61 Å². The first-order valence-corrected chi connectivity index (χ1v) is 8.17. The number of esters is 1. The van der Waals surface area contributed by atoms with Crippen LogP contribution in [0.15, 0.2) is 60.8 Å². The second-order valence-electron chi connectivity index (χ2n) is 5.43. The zero-order valence-electron chi connectivity index (χ0n) is 13.9. The van der Waals surface area contributed by atoms with Gasteiger partial charge in [0.05, 0.1) is 13.3 Å². The largest absolute Gasteiger partial charge is 0.496 e. The van der Waals surface area contributed by atoms with E-state index in [1.54, 1.807) is 18.2 Å². The summed E-state index contributed by atoms with van der Waals surface area (Å²) in [6, 6.07) is 15.5. The van der Waals surface area contributed by atoms with Crippen molar-refractivity contribution >= 4 is 17.6 Å².